The fourth-order valence-corrected chi connectivity index (χ4v) is 2.64. The Bertz CT molecular complexity index is 464. The number of aromatic nitrogens is 2. The summed E-state index contributed by atoms with van der Waals surface area (Å²) in [6.07, 6.45) is 5.33. The lowest BCUT2D eigenvalue weighted by molar-refractivity contribution is -0.169. The van der Waals surface area contributed by atoms with Crippen molar-refractivity contribution in [3.8, 4) is 0 Å². The lowest BCUT2D eigenvalue weighted by Crippen LogP contribution is -2.45. The van der Waals surface area contributed by atoms with Gasteiger partial charge in [0.25, 0.3) is 0 Å². The Kier molecular flexibility index (Phi) is 3.84. The van der Waals surface area contributed by atoms with Crippen LogP contribution in [-0.4, -0.2) is 48.6 Å². The Morgan fingerprint density at radius 3 is 2.80 bits per heavy atom. The first-order valence-electron chi connectivity index (χ1n) is 7.02. The summed E-state index contributed by atoms with van der Waals surface area (Å²) in [6, 6.07) is 1.94. The van der Waals surface area contributed by atoms with Gasteiger partial charge in [0.2, 0.25) is 5.95 Å². The molecule has 2 saturated heterocycles. The maximum absolute atomic E-state index is 5.74. The van der Waals surface area contributed by atoms with Gasteiger partial charge in [-0.05, 0) is 6.07 Å². The summed E-state index contributed by atoms with van der Waals surface area (Å²) in [4.78, 5) is 11.0. The second-order valence-corrected chi connectivity index (χ2v) is 5.00. The van der Waals surface area contributed by atoms with E-state index in [2.05, 4.69) is 26.8 Å². The van der Waals surface area contributed by atoms with Gasteiger partial charge in [-0.3, -0.25) is 0 Å². The third-order valence-electron chi connectivity index (χ3n) is 3.71. The van der Waals surface area contributed by atoms with Gasteiger partial charge in [-0.2, -0.15) is 4.98 Å². The predicted molar refractivity (Wildman–Crippen MR) is 76.8 cm³/mol. The smallest absolute Gasteiger partial charge is 0.224 e. The van der Waals surface area contributed by atoms with Crippen molar-refractivity contribution in [3.63, 3.8) is 0 Å². The first-order chi connectivity index (χ1) is 9.81. The molecule has 0 radical (unpaired) electrons. The molecular weight excluding hydrogens is 256 g/mol. The lowest BCUT2D eigenvalue weighted by atomic mass is 10.0. The van der Waals surface area contributed by atoms with Gasteiger partial charge in [-0.1, -0.05) is 6.08 Å². The minimum Gasteiger partial charge on any atom is -0.356 e. The highest BCUT2D eigenvalue weighted by molar-refractivity contribution is 5.43. The van der Waals surface area contributed by atoms with Crippen molar-refractivity contribution in [1.29, 1.82) is 0 Å². The summed E-state index contributed by atoms with van der Waals surface area (Å²) >= 11 is 0. The molecule has 0 unspecified atom stereocenters. The number of anilines is 2. The van der Waals surface area contributed by atoms with E-state index >= 15 is 0 Å². The second kappa shape index (κ2) is 5.76. The number of nitrogens with one attached hydrogen (secondary N) is 1. The van der Waals surface area contributed by atoms with Crippen LogP contribution in [0.3, 0.4) is 0 Å². The van der Waals surface area contributed by atoms with Gasteiger partial charge >= 0.3 is 0 Å². The number of rotatable bonds is 4. The zero-order valence-electron chi connectivity index (χ0n) is 11.5. The average molecular weight is 276 g/mol. The molecule has 3 heterocycles. The Balaban J connectivity index is 1.63. The number of hydrogen-bond donors (Lipinski definition) is 1. The first-order valence-corrected chi connectivity index (χ1v) is 7.02. The molecule has 20 heavy (non-hydrogen) atoms. The first kappa shape index (κ1) is 13.3. The number of hydrogen-bond acceptors (Lipinski definition) is 6. The molecular formula is C14H20N4O2. The number of nitrogens with zero attached hydrogens (tertiary/aromatic N) is 3. The molecule has 0 bridgehead atoms. The van der Waals surface area contributed by atoms with Crippen LogP contribution in [0.4, 0.5) is 11.8 Å². The van der Waals surface area contributed by atoms with Crippen molar-refractivity contribution in [3.05, 3.63) is 24.9 Å². The molecule has 1 aromatic rings. The maximum Gasteiger partial charge on any atom is 0.224 e. The molecule has 6 nitrogen and oxygen atoms in total. The normalized spacial score (nSPS) is 21.1. The van der Waals surface area contributed by atoms with E-state index in [1.54, 1.807) is 12.3 Å². The van der Waals surface area contributed by atoms with Gasteiger partial charge < -0.3 is 19.7 Å². The van der Waals surface area contributed by atoms with E-state index in [0.717, 1.165) is 31.7 Å². The molecule has 0 amide bonds. The SMILES string of the molecule is C=CCNc1nccc(N2CCC3(CC2)OCCO3)n1. The molecule has 2 aliphatic heterocycles. The Labute approximate surface area is 118 Å². The summed E-state index contributed by atoms with van der Waals surface area (Å²) in [5, 5.41) is 3.11. The third-order valence-corrected chi connectivity index (χ3v) is 3.71. The Morgan fingerprint density at radius 2 is 2.10 bits per heavy atom. The molecule has 2 aliphatic rings. The van der Waals surface area contributed by atoms with Gasteiger partial charge in [0.1, 0.15) is 5.82 Å². The van der Waals surface area contributed by atoms with Gasteiger partial charge in [-0.25, -0.2) is 4.98 Å². The van der Waals surface area contributed by atoms with Crippen LogP contribution >= 0.6 is 0 Å². The topological polar surface area (TPSA) is 59.5 Å². The minimum atomic E-state index is -0.340. The van der Waals surface area contributed by atoms with E-state index in [9.17, 15) is 0 Å². The van der Waals surface area contributed by atoms with E-state index in [0.29, 0.717) is 25.7 Å². The highest BCUT2D eigenvalue weighted by Crippen LogP contribution is 2.32. The summed E-state index contributed by atoms with van der Waals surface area (Å²) in [5.74, 6) is 1.24. The van der Waals surface area contributed by atoms with Crippen LogP contribution in [0.25, 0.3) is 0 Å². The molecule has 6 heteroatoms. The van der Waals surface area contributed by atoms with Crippen LogP contribution in [0, 0.1) is 0 Å². The van der Waals surface area contributed by atoms with Gasteiger partial charge in [0.05, 0.1) is 13.2 Å². The number of piperidine rings is 1. The van der Waals surface area contributed by atoms with Crippen molar-refractivity contribution < 1.29 is 9.47 Å². The highest BCUT2D eigenvalue weighted by atomic mass is 16.7. The number of ether oxygens (including phenoxy) is 2. The summed E-state index contributed by atoms with van der Waals surface area (Å²) in [6.45, 7) is 7.53. The Hall–Kier alpha value is -1.66. The minimum absolute atomic E-state index is 0.340. The standard InChI is InChI=1S/C14H20N4O2/c1-2-6-15-13-16-7-3-12(17-13)18-8-4-14(5-9-18)19-10-11-20-14/h2-3,7H,1,4-6,8-11H2,(H,15,16,17). The van der Waals surface area contributed by atoms with Crippen LogP contribution in [0.1, 0.15) is 12.8 Å². The van der Waals surface area contributed by atoms with Crippen molar-refractivity contribution in [2.24, 2.45) is 0 Å². The Morgan fingerprint density at radius 1 is 1.35 bits per heavy atom. The third kappa shape index (κ3) is 2.76. The highest BCUT2D eigenvalue weighted by Gasteiger charge is 2.40. The van der Waals surface area contributed by atoms with Crippen LogP contribution in [0.15, 0.2) is 24.9 Å². The summed E-state index contributed by atoms with van der Waals surface area (Å²) < 4.78 is 11.5. The van der Waals surface area contributed by atoms with Gasteiger partial charge in [0.15, 0.2) is 5.79 Å². The van der Waals surface area contributed by atoms with Gasteiger partial charge in [-0.15, -0.1) is 6.58 Å². The van der Waals surface area contributed by atoms with E-state index in [1.165, 1.54) is 0 Å². The van der Waals surface area contributed by atoms with Crippen molar-refractivity contribution >= 4 is 11.8 Å². The molecule has 3 rings (SSSR count). The lowest BCUT2D eigenvalue weighted by Gasteiger charge is -2.38. The molecule has 0 atom stereocenters. The quantitative estimate of drug-likeness (QED) is 0.839. The largest absolute Gasteiger partial charge is 0.356 e. The molecule has 0 aromatic carbocycles. The zero-order chi connectivity index (χ0) is 13.8. The fraction of sp³-hybridized carbons (Fsp3) is 0.571. The van der Waals surface area contributed by atoms with Crippen molar-refractivity contribution in [2.75, 3.05) is 43.1 Å². The summed E-state index contributed by atoms with van der Waals surface area (Å²) in [7, 11) is 0. The van der Waals surface area contributed by atoms with E-state index in [-0.39, 0.29) is 5.79 Å². The molecule has 0 aliphatic carbocycles. The monoisotopic (exact) mass is 276 g/mol. The van der Waals surface area contributed by atoms with E-state index < -0.39 is 0 Å². The molecule has 1 spiro atoms. The van der Waals surface area contributed by atoms with Crippen LogP contribution in [0.2, 0.25) is 0 Å². The van der Waals surface area contributed by atoms with Crippen LogP contribution in [0.5, 0.6) is 0 Å². The van der Waals surface area contributed by atoms with Crippen molar-refractivity contribution in [1.82, 2.24) is 9.97 Å². The van der Waals surface area contributed by atoms with Crippen LogP contribution < -0.4 is 10.2 Å². The molecule has 1 N–H and O–H groups in total. The molecule has 2 fully saturated rings. The van der Waals surface area contributed by atoms with Crippen LogP contribution in [-0.2, 0) is 9.47 Å². The van der Waals surface area contributed by atoms with E-state index in [4.69, 9.17) is 9.47 Å². The molecule has 0 saturated carbocycles. The van der Waals surface area contributed by atoms with Gasteiger partial charge in [0, 0.05) is 38.7 Å². The van der Waals surface area contributed by atoms with Crippen molar-refractivity contribution in [2.45, 2.75) is 18.6 Å². The molecule has 108 valence electrons. The summed E-state index contributed by atoms with van der Waals surface area (Å²) in [5.41, 5.74) is 0. The second-order valence-electron chi connectivity index (χ2n) is 5.00. The zero-order valence-corrected chi connectivity index (χ0v) is 11.5. The maximum atomic E-state index is 5.74. The fourth-order valence-electron chi connectivity index (χ4n) is 2.64. The molecule has 1 aromatic heterocycles. The predicted octanol–water partition coefficient (Wildman–Crippen LogP) is 1.42. The van der Waals surface area contributed by atoms with E-state index in [1.807, 2.05) is 6.07 Å². The average Bonchev–Trinajstić information content (AvgIpc) is 2.94.